The van der Waals surface area contributed by atoms with Crippen LogP contribution in [0.5, 0.6) is 0 Å². The average molecular weight is 219 g/mol. The van der Waals surface area contributed by atoms with Crippen molar-refractivity contribution in [1.29, 1.82) is 0 Å². The van der Waals surface area contributed by atoms with E-state index in [0.29, 0.717) is 0 Å². The van der Waals surface area contributed by atoms with Crippen LogP contribution in [-0.4, -0.2) is 31.9 Å². The highest BCUT2D eigenvalue weighted by Gasteiger charge is 2.19. The number of carbonyl (C=O) groups excluding carboxylic acids is 1. The molecule has 0 unspecified atom stereocenters. The fraction of sp³-hybridized carbons (Fsp3) is 0.714. The van der Waals surface area contributed by atoms with Gasteiger partial charge in [-0.3, -0.25) is 0 Å². The van der Waals surface area contributed by atoms with Crippen molar-refractivity contribution in [1.82, 2.24) is 20.2 Å². The predicted octanol–water partition coefficient (Wildman–Crippen LogP) is 1.20. The Bertz CT molecular complexity index is 331. The smallest absolute Gasteiger partial charge is 0.441 e. The molecule has 0 aromatic carbocycles. The summed E-state index contributed by atoms with van der Waals surface area (Å²) >= 11 is 5.45. The minimum absolute atomic E-state index is 0.114. The number of carbonyl (C=O) groups is 1. The minimum atomic E-state index is -0.665. The lowest BCUT2D eigenvalue weighted by Gasteiger charge is -2.17. The lowest BCUT2D eigenvalue weighted by Crippen LogP contribution is -2.28. The highest BCUT2D eigenvalue weighted by molar-refractivity contribution is 6.16. The largest absolute Gasteiger partial charge is 0.454 e. The molecule has 6 nitrogen and oxygen atoms in total. The first-order valence-electron chi connectivity index (χ1n) is 4.00. The predicted molar refractivity (Wildman–Crippen MR) is 49.0 cm³/mol. The highest BCUT2D eigenvalue weighted by Crippen LogP contribution is 2.07. The van der Waals surface area contributed by atoms with Crippen LogP contribution in [0.15, 0.2) is 0 Å². The number of halogens is 1. The molecule has 0 radical (unpaired) electrons. The maximum atomic E-state index is 11.3. The van der Waals surface area contributed by atoms with Gasteiger partial charge in [-0.15, -0.1) is 21.8 Å². The van der Waals surface area contributed by atoms with Gasteiger partial charge in [0, 0.05) is 0 Å². The maximum Gasteiger partial charge on any atom is 0.454 e. The Balaban J connectivity index is 2.70. The molecule has 0 fully saturated rings. The van der Waals surface area contributed by atoms with Gasteiger partial charge in [-0.25, -0.2) is 4.79 Å². The number of hydrogen-bond donors (Lipinski definition) is 0. The molecule has 0 aliphatic carbocycles. The van der Waals surface area contributed by atoms with E-state index < -0.39 is 11.7 Å². The van der Waals surface area contributed by atoms with Gasteiger partial charge in [-0.05, 0) is 26.0 Å². The second-order valence-electron chi connectivity index (χ2n) is 3.61. The van der Waals surface area contributed by atoms with Gasteiger partial charge < -0.3 is 4.74 Å². The number of hydrogen-bond acceptors (Lipinski definition) is 5. The van der Waals surface area contributed by atoms with Gasteiger partial charge >= 0.3 is 6.09 Å². The number of rotatable bonds is 1. The number of nitrogens with zero attached hydrogens (tertiary/aromatic N) is 4. The fourth-order valence-electron chi connectivity index (χ4n) is 0.677. The third-order valence-corrected chi connectivity index (χ3v) is 1.37. The molecular formula is C7H11ClN4O2. The van der Waals surface area contributed by atoms with Gasteiger partial charge in [0.05, 0.1) is 5.88 Å². The van der Waals surface area contributed by atoms with Crippen molar-refractivity contribution in [3.05, 3.63) is 5.82 Å². The average Bonchev–Trinajstić information content (AvgIpc) is 2.48. The standard InChI is InChI=1S/C7H11ClN4O2/c1-7(2,3)14-6(13)12-10-5(4-8)9-11-12/h4H2,1-3H3. The van der Waals surface area contributed by atoms with Crippen LogP contribution in [0.3, 0.4) is 0 Å². The topological polar surface area (TPSA) is 69.9 Å². The summed E-state index contributed by atoms with van der Waals surface area (Å²) in [6.45, 7) is 5.26. The van der Waals surface area contributed by atoms with E-state index in [2.05, 4.69) is 15.4 Å². The molecular weight excluding hydrogens is 208 g/mol. The van der Waals surface area contributed by atoms with Crippen molar-refractivity contribution in [2.75, 3.05) is 0 Å². The Kier molecular flexibility index (Phi) is 3.05. The summed E-state index contributed by atoms with van der Waals surface area (Å²) in [7, 11) is 0. The first-order valence-corrected chi connectivity index (χ1v) is 4.54. The Morgan fingerprint density at radius 2 is 2.21 bits per heavy atom. The summed E-state index contributed by atoms with van der Waals surface area (Å²) in [5, 5.41) is 10.7. The second kappa shape index (κ2) is 3.91. The molecule has 1 aromatic heterocycles. The van der Waals surface area contributed by atoms with Crippen LogP contribution in [0.4, 0.5) is 4.79 Å². The molecule has 1 heterocycles. The van der Waals surface area contributed by atoms with E-state index in [1.165, 1.54) is 0 Å². The lowest BCUT2D eigenvalue weighted by atomic mass is 10.2. The van der Waals surface area contributed by atoms with Crippen LogP contribution >= 0.6 is 11.6 Å². The van der Waals surface area contributed by atoms with Crippen molar-refractivity contribution in [2.45, 2.75) is 32.3 Å². The van der Waals surface area contributed by atoms with Crippen LogP contribution in [0.25, 0.3) is 0 Å². The normalized spacial score (nSPS) is 11.4. The van der Waals surface area contributed by atoms with Crippen molar-refractivity contribution in [3.63, 3.8) is 0 Å². The van der Waals surface area contributed by atoms with E-state index in [1.807, 2.05) is 0 Å². The summed E-state index contributed by atoms with van der Waals surface area (Å²) < 4.78 is 5.00. The van der Waals surface area contributed by atoms with Gasteiger partial charge in [0.1, 0.15) is 5.60 Å². The van der Waals surface area contributed by atoms with E-state index in [9.17, 15) is 4.79 Å². The van der Waals surface area contributed by atoms with E-state index in [4.69, 9.17) is 16.3 Å². The molecule has 0 bridgehead atoms. The van der Waals surface area contributed by atoms with Crippen molar-refractivity contribution in [2.24, 2.45) is 0 Å². The van der Waals surface area contributed by atoms with Gasteiger partial charge in [0.15, 0.2) is 5.82 Å². The molecule has 0 aliphatic rings. The molecule has 0 aliphatic heterocycles. The van der Waals surface area contributed by atoms with Crippen LogP contribution < -0.4 is 0 Å². The van der Waals surface area contributed by atoms with Crippen LogP contribution in [-0.2, 0) is 10.6 Å². The number of aromatic nitrogens is 4. The van der Waals surface area contributed by atoms with Crippen LogP contribution in [0.2, 0.25) is 0 Å². The van der Waals surface area contributed by atoms with Crippen molar-refractivity contribution >= 4 is 17.7 Å². The van der Waals surface area contributed by atoms with Crippen molar-refractivity contribution in [3.8, 4) is 0 Å². The number of alkyl halides is 1. The zero-order valence-corrected chi connectivity index (χ0v) is 8.95. The first kappa shape index (κ1) is 10.9. The van der Waals surface area contributed by atoms with Gasteiger partial charge in [-0.2, -0.15) is 0 Å². The van der Waals surface area contributed by atoms with Crippen molar-refractivity contribution < 1.29 is 9.53 Å². The maximum absolute atomic E-state index is 11.3. The summed E-state index contributed by atoms with van der Waals surface area (Å²) in [5.41, 5.74) is -0.578. The van der Waals surface area contributed by atoms with Gasteiger partial charge in [-0.1, -0.05) is 4.80 Å². The lowest BCUT2D eigenvalue weighted by molar-refractivity contribution is 0.0485. The fourth-order valence-corrected chi connectivity index (χ4v) is 0.784. The van der Waals surface area contributed by atoms with Crippen LogP contribution in [0, 0.1) is 0 Å². The zero-order valence-electron chi connectivity index (χ0n) is 8.19. The van der Waals surface area contributed by atoms with E-state index >= 15 is 0 Å². The molecule has 14 heavy (non-hydrogen) atoms. The van der Waals surface area contributed by atoms with Gasteiger partial charge in [0.25, 0.3) is 0 Å². The van der Waals surface area contributed by atoms with E-state index in [0.717, 1.165) is 4.80 Å². The SMILES string of the molecule is CC(C)(C)OC(=O)n1nnc(CCl)n1. The first-order chi connectivity index (χ1) is 6.42. The molecule has 0 saturated heterocycles. The van der Waals surface area contributed by atoms with Gasteiger partial charge in [0.2, 0.25) is 0 Å². The quantitative estimate of drug-likeness (QED) is 0.663. The zero-order chi connectivity index (χ0) is 10.8. The Morgan fingerprint density at radius 3 is 2.64 bits per heavy atom. The Labute approximate surface area is 86.2 Å². The van der Waals surface area contributed by atoms with E-state index in [-0.39, 0.29) is 11.7 Å². The Hall–Kier alpha value is -1.17. The monoisotopic (exact) mass is 218 g/mol. The van der Waals surface area contributed by atoms with E-state index in [1.54, 1.807) is 20.8 Å². The van der Waals surface area contributed by atoms with Crippen LogP contribution in [0.1, 0.15) is 26.6 Å². The third-order valence-electron chi connectivity index (χ3n) is 1.13. The molecule has 0 N–H and O–H groups in total. The molecule has 78 valence electrons. The molecule has 7 heteroatoms. The summed E-state index contributed by atoms with van der Waals surface area (Å²) in [5.74, 6) is 0.403. The molecule has 0 spiro atoms. The molecule has 1 aromatic rings. The third kappa shape index (κ3) is 2.95. The summed E-state index contributed by atoms with van der Waals surface area (Å²) in [6, 6.07) is 0. The summed E-state index contributed by atoms with van der Waals surface area (Å²) in [6.07, 6.45) is -0.665. The summed E-state index contributed by atoms with van der Waals surface area (Å²) in [4.78, 5) is 12.1. The minimum Gasteiger partial charge on any atom is -0.441 e. The molecule has 0 amide bonds. The Morgan fingerprint density at radius 1 is 1.57 bits per heavy atom. The number of ether oxygens (including phenoxy) is 1. The molecule has 0 saturated carbocycles. The second-order valence-corrected chi connectivity index (χ2v) is 3.88. The number of tetrazole rings is 1. The highest BCUT2D eigenvalue weighted by atomic mass is 35.5. The molecule has 0 atom stereocenters. The molecule has 1 rings (SSSR count).